The van der Waals surface area contributed by atoms with Crippen LogP contribution in [0.2, 0.25) is 0 Å². The van der Waals surface area contributed by atoms with Crippen LogP contribution in [0.1, 0.15) is 18.1 Å². The average molecular weight is 190 g/mol. The molecule has 1 aliphatic heterocycles. The van der Waals surface area contributed by atoms with Gasteiger partial charge in [0.2, 0.25) is 0 Å². The first-order valence-electron chi connectivity index (χ1n) is 4.42. The van der Waals surface area contributed by atoms with Crippen molar-refractivity contribution in [3.63, 3.8) is 0 Å². The van der Waals surface area contributed by atoms with Crippen molar-refractivity contribution in [2.24, 2.45) is 0 Å². The lowest BCUT2D eigenvalue weighted by atomic mass is 10.0. The number of carbonyl (C=O) groups excluding carboxylic acids is 1. The van der Waals surface area contributed by atoms with E-state index in [9.17, 15) is 4.79 Å². The molecule has 3 nitrogen and oxygen atoms in total. The summed E-state index contributed by atoms with van der Waals surface area (Å²) in [5.74, 6) is -0.0965. The van der Waals surface area contributed by atoms with Crippen molar-refractivity contribution in [3.8, 4) is 5.75 Å². The van der Waals surface area contributed by atoms with Gasteiger partial charge in [0.25, 0.3) is 0 Å². The van der Waals surface area contributed by atoms with Gasteiger partial charge in [-0.2, -0.15) is 0 Å². The SMILES string of the molecule is O=C1C=CC[C@@H](c2ccc(O)cc2)O1. The molecule has 0 aromatic heterocycles. The smallest absolute Gasteiger partial charge is 0.331 e. The third-order valence-corrected chi connectivity index (χ3v) is 2.13. The van der Waals surface area contributed by atoms with E-state index in [1.54, 1.807) is 30.3 Å². The molecule has 1 atom stereocenters. The Morgan fingerprint density at radius 2 is 2.00 bits per heavy atom. The summed E-state index contributed by atoms with van der Waals surface area (Å²) in [5.41, 5.74) is 0.903. The lowest BCUT2D eigenvalue weighted by Gasteiger charge is -2.18. The minimum absolute atomic E-state index is 0.214. The van der Waals surface area contributed by atoms with Gasteiger partial charge in [0.1, 0.15) is 11.9 Å². The molecular weight excluding hydrogens is 180 g/mol. The molecule has 3 heteroatoms. The molecule has 0 saturated heterocycles. The fourth-order valence-corrected chi connectivity index (χ4v) is 1.41. The van der Waals surface area contributed by atoms with E-state index in [4.69, 9.17) is 9.84 Å². The van der Waals surface area contributed by atoms with Crippen LogP contribution in [0.5, 0.6) is 5.75 Å². The number of phenolic OH excluding ortho intramolecular Hbond substituents is 1. The van der Waals surface area contributed by atoms with Crippen LogP contribution < -0.4 is 0 Å². The number of benzene rings is 1. The van der Waals surface area contributed by atoms with Crippen LogP contribution in [0.25, 0.3) is 0 Å². The molecule has 1 aromatic carbocycles. The average Bonchev–Trinajstić information content (AvgIpc) is 2.19. The van der Waals surface area contributed by atoms with E-state index < -0.39 is 0 Å². The molecule has 0 unspecified atom stereocenters. The van der Waals surface area contributed by atoms with E-state index in [0.29, 0.717) is 6.42 Å². The van der Waals surface area contributed by atoms with E-state index in [2.05, 4.69) is 0 Å². The molecule has 0 fully saturated rings. The molecule has 1 aromatic rings. The Balaban J connectivity index is 2.19. The molecule has 1 heterocycles. The Bertz CT molecular complexity index is 365. The van der Waals surface area contributed by atoms with E-state index in [1.165, 1.54) is 6.08 Å². The Hall–Kier alpha value is -1.77. The van der Waals surface area contributed by atoms with Gasteiger partial charge in [-0.1, -0.05) is 18.2 Å². The monoisotopic (exact) mass is 190 g/mol. The zero-order chi connectivity index (χ0) is 9.97. The topological polar surface area (TPSA) is 46.5 Å². The maximum Gasteiger partial charge on any atom is 0.331 e. The van der Waals surface area contributed by atoms with Crippen LogP contribution in [-0.4, -0.2) is 11.1 Å². The Morgan fingerprint density at radius 1 is 1.29 bits per heavy atom. The van der Waals surface area contributed by atoms with E-state index >= 15 is 0 Å². The second-order valence-electron chi connectivity index (χ2n) is 3.16. The first-order chi connectivity index (χ1) is 6.75. The summed E-state index contributed by atoms with van der Waals surface area (Å²) in [4.78, 5) is 11.0. The molecule has 0 amide bonds. The summed E-state index contributed by atoms with van der Waals surface area (Å²) in [5, 5.41) is 9.09. The maximum atomic E-state index is 11.0. The highest BCUT2D eigenvalue weighted by atomic mass is 16.5. The summed E-state index contributed by atoms with van der Waals surface area (Å²) in [6, 6.07) is 6.68. The van der Waals surface area contributed by atoms with Crippen molar-refractivity contribution < 1.29 is 14.6 Å². The van der Waals surface area contributed by atoms with Gasteiger partial charge in [-0.3, -0.25) is 0 Å². The lowest BCUT2D eigenvalue weighted by molar-refractivity contribution is -0.144. The van der Waals surface area contributed by atoms with E-state index in [0.717, 1.165) is 5.56 Å². The standard InChI is InChI=1S/C11H10O3/c12-9-6-4-8(5-7-9)10-2-1-3-11(13)14-10/h1,3-7,10,12H,2H2/t10-/m0/s1. The molecule has 0 bridgehead atoms. The predicted molar refractivity (Wildman–Crippen MR) is 50.7 cm³/mol. The highest BCUT2D eigenvalue weighted by molar-refractivity contribution is 5.82. The van der Waals surface area contributed by atoms with Gasteiger partial charge in [0, 0.05) is 12.5 Å². The number of phenols is 1. The summed E-state index contributed by atoms with van der Waals surface area (Å²) < 4.78 is 5.10. The van der Waals surface area contributed by atoms with Gasteiger partial charge < -0.3 is 9.84 Å². The number of aromatic hydroxyl groups is 1. The van der Waals surface area contributed by atoms with Gasteiger partial charge in [-0.25, -0.2) is 4.79 Å². The summed E-state index contributed by atoms with van der Waals surface area (Å²) in [7, 11) is 0. The molecule has 14 heavy (non-hydrogen) atoms. The van der Waals surface area contributed by atoms with Crippen LogP contribution in [-0.2, 0) is 9.53 Å². The zero-order valence-corrected chi connectivity index (χ0v) is 7.51. The van der Waals surface area contributed by atoms with Crippen LogP contribution >= 0.6 is 0 Å². The molecule has 1 aliphatic rings. The van der Waals surface area contributed by atoms with Gasteiger partial charge in [0.05, 0.1) is 0 Å². The van der Waals surface area contributed by atoms with Crippen molar-refractivity contribution in [1.82, 2.24) is 0 Å². The fraction of sp³-hybridized carbons (Fsp3) is 0.182. The Kier molecular flexibility index (Phi) is 2.23. The number of esters is 1. The largest absolute Gasteiger partial charge is 0.508 e. The first kappa shape index (κ1) is 8.81. The number of hydrogen-bond donors (Lipinski definition) is 1. The zero-order valence-electron chi connectivity index (χ0n) is 7.51. The van der Waals surface area contributed by atoms with Gasteiger partial charge in [0.15, 0.2) is 0 Å². The maximum absolute atomic E-state index is 11.0. The number of carbonyl (C=O) groups is 1. The number of hydrogen-bond acceptors (Lipinski definition) is 3. The lowest BCUT2D eigenvalue weighted by Crippen LogP contribution is -2.12. The fourth-order valence-electron chi connectivity index (χ4n) is 1.41. The molecule has 72 valence electrons. The molecule has 0 spiro atoms. The second kappa shape index (κ2) is 3.54. The van der Waals surface area contributed by atoms with Crippen LogP contribution in [0.3, 0.4) is 0 Å². The van der Waals surface area contributed by atoms with Crippen molar-refractivity contribution >= 4 is 5.97 Å². The summed E-state index contributed by atoms with van der Waals surface area (Å²) in [6.07, 6.45) is 3.70. The van der Waals surface area contributed by atoms with Crippen molar-refractivity contribution in [1.29, 1.82) is 0 Å². The molecule has 0 radical (unpaired) electrons. The first-order valence-corrected chi connectivity index (χ1v) is 4.42. The Morgan fingerprint density at radius 3 is 2.64 bits per heavy atom. The third-order valence-electron chi connectivity index (χ3n) is 2.13. The summed E-state index contributed by atoms with van der Waals surface area (Å²) >= 11 is 0. The molecule has 1 N–H and O–H groups in total. The van der Waals surface area contributed by atoms with Crippen molar-refractivity contribution in [2.75, 3.05) is 0 Å². The van der Waals surface area contributed by atoms with Crippen LogP contribution in [0.15, 0.2) is 36.4 Å². The molecular formula is C11H10O3. The van der Waals surface area contributed by atoms with E-state index in [-0.39, 0.29) is 17.8 Å². The van der Waals surface area contributed by atoms with Crippen molar-refractivity contribution in [3.05, 3.63) is 42.0 Å². The van der Waals surface area contributed by atoms with Crippen molar-refractivity contribution in [2.45, 2.75) is 12.5 Å². The molecule has 0 saturated carbocycles. The van der Waals surface area contributed by atoms with Crippen LogP contribution in [0, 0.1) is 0 Å². The predicted octanol–water partition coefficient (Wildman–Crippen LogP) is 1.94. The number of rotatable bonds is 1. The third kappa shape index (κ3) is 1.76. The highest BCUT2D eigenvalue weighted by Gasteiger charge is 2.17. The second-order valence-corrected chi connectivity index (χ2v) is 3.16. The molecule has 2 rings (SSSR count). The Labute approximate surface area is 81.6 Å². The number of ether oxygens (including phenoxy) is 1. The van der Waals surface area contributed by atoms with E-state index in [1.807, 2.05) is 0 Å². The van der Waals surface area contributed by atoms with Gasteiger partial charge in [-0.15, -0.1) is 0 Å². The van der Waals surface area contributed by atoms with Crippen LogP contribution in [0.4, 0.5) is 0 Å². The molecule has 0 aliphatic carbocycles. The van der Waals surface area contributed by atoms with Gasteiger partial charge >= 0.3 is 5.97 Å². The summed E-state index contributed by atoms with van der Waals surface area (Å²) in [6.45, 7) is 0. The number of cyclic esters (lactones) is 1. The minimum Gasteiger partial charge on any atom is -0.508 e. The minimum atomic E-state index is -0.311. The van der Waals surface area contributed by atoms with Gasteiger partial charge in [-0.05, 0) is 17.7 Å². The quantitative estimate of drug-likeness (QED) is 0.688. The normalized spacial score (nSPS) is 20.6. The highest BCUT2D eigenvalue weighted by Crippen LogP contribution is 2.26.